The van der Waals surface area contributed by atoms with Crippen molar-refractivity contribution in [1.82, 2.24) is 29.7 Å². The molecule has 0 saturated carbocycles. The molecule has 0 aliphatic carbocycles. The maximum Gasteiger partial charge on any atom is 0.259 e. The fourth-order valence-corrected chi connectivity index (χ4v) is 4.64. The molecule has 0 saturated heterocycles. The number of rotatable bonds is 4. The molecule has 0 bridgehead atoms. The number of amides is 1. The average Bonchev–Trinajstić information content (AvgIpc) is 3.53. The van der Waals surface area contributed by atoms with E-state index >= 15 is 0 Å². The molecule has 6 aromatic rings. The van der Waals surface area contributed by atoms with Crippen LogP contribution in [0.2, 0.25) is 0 Å². The highest BCUT2D eigenvalue weighted by Gasteiger charge is 2.26. The van der Waals surface area contributed by atoms with Crippen molar-refractivity contribution < 1.29 is 13.6 Å². The van der Waals surface area contributed by atoms with Crippen molar-refractivity contribution in [2.45, 2.75) is 13.0 Å². The number of carbonyl (C=O) groups excluding carboxylic acids is 1. The van der Waals surface area contributed by atoms with Crippen LogP contribution in [0.1, 0.15) is 40.2 Å². The average molecular weight is 548 g/mol. The maximum atomic E-state index is 14.1. The van der Waals surface area contributed by atoms with Gasteiger partial charge in [-0.15, -0.1) is 5.10 Å². The number of halogens is 1. The smallest absolute Gasteiger partial charge is 0.259 e. The van der Waals surface area contributed by atoms with Gasteiger partial charge in [0.15, 0.2) is 11.5 Å². The molecule has 10 nitrogen and oxygen atoms in total. The van der Waals surface area contributed by atoms with Gasteiger partial charge < -0.3 is 15.5 Å². The van der Waals surface area contributed by atoms with E-state index in [1.807, 2.05) is 0 Å². The van der Waals surface area contributed by atoms with Gasteiger partial charge in [-0.05, 0) is 42.8 Å². The van der Waals surface area contributed by atoms with Gasteiger partial charge in [-0.2, -0.15) is 5.10 Å². The number of nitrogens with one attached hydrogen (secondary N) is 1. The molecule has 11 heteroatoms. The van der Waals surface area contributed by atoms with Crippen LogP contribution >= 0.6 is 0 Å². The quantitative estimate of drug-likeness (QED) is 0.320. The molecule has 2 aromatic carbocycles. The number of anilines is 1. The summed E-state index contributed by atoms with van der Waals surface area (Å²) < 4.78 is 23.2. The number of carbonyl (C=O) groups is 1. The lowest BCUT2D eigenvalue weighted by molar-refractivity contribution is 0.0938. The van der Waals surface area contributed by atoms with E-state index in [1.165, 1.54) is 35.0 Å². The number of nitrogen functional groups attached to an aromatic ring is 1. The van der Waals surface area contributed by atoms with Gasteiger partial charge in [-0.3, -0.25) is 14.3 Å². The van der Waals surface area contributed by atoms with Gasteiger partial charge in [0.1, 0.15) is 22.7 Å². The summed E-state index contributed by atoms with van der Waals surface area (Å²) in [4.78, 5) is 31.7. The number of aromatic nitrogens is 5. The van der Waals surface area contributed by atoms with Crippen LogP contribution in [0.3, 0.4) is 0 Å². The first kappa shape index (κ1) is 25.5. The number of aryl methyl sites for hydroxylation is 1. The van der Waals surface area contributed by atoms with E-state index < -0.39 is 17.8 Å². The first-order valence-electron chi connectivity index (χ1n) is 12.6. The lowest BCUT2D eigenvalue weighted by atomic mass is 9.97. The van der Waals surface area contributed by atoms with Gasteiger partial charge in [0, 0.05) is 31.2 Å². The molecule has 0 radical (unpaired) electrons. The van der Waals surface area contributed by atoms with Crippen LogP contribution < -0.4 is 16.5 Å². The monoisotopic (exact) mass is 547 g/mol. The van der Waals surface area contributed by atoms with Crippen LogP contribution in [0.25, 0.3) is 27.7 Å². The van der Waals surface area contributed by atoms with Crippen molar-refractivity contribution in [1.29, 1.82) is 0 Å². The Balaban J connectivity index is 1.49. The number of nitrogens with zero attached hydrogens (tertiary/aromatic N) is 5. The molecule has 1 unspecified atom stereocenters. The summed E-state index contributed by atoms with van der Waals surface area (Å²) in [5, 5.41) is 11.4. The van der Waals surface area contributed by atoms with Crippen molar-refractivity contribution in [3.05, 3.63) is 112 Å². The van der Waals surface area contributed by atoms with Crippen LogP contribution in [0, 0.1) is 17.7 Å². The van der Waals surface area contributed by atoms with Gasteiger partial charge in [-0.1, -0.05) is 30.0 Å². The predicted octanol–water partition coefficient (Wildman–Crippen LogP) is 3.85. The van der Waals surface area contributed by atoms with Crippen LogP contribution in [0.15, 0.2) is 82.5 Å². The summed E-state index contributed by atoms with van der Waals surface area (Å²) in [6, 6.07) is 11.5. The van der Waals surface area contributed by atoms with Crippen LogP contribution in [-0.4, -0.2) is 30.3 Å². The summed E-state index contributed by atoms with van der Waals surface area (Å²) in [7, 11) is 1.79. The normalized spacial score (nSPS) is 11.8. The summed E-state index contributed by atoms with van der Waals surface area (Å²) in [6.07, 6.45) is 6.54. The second-order valence-electron chi connectivity index (χ2n) is 9.35. The van der Waals surface area contributed by atoms with E-state index in [0.717, 1.165) is 0 Å². The molecular formula is C30H22FN7O3. The molecule has 0 aliphatic heterocycles. The molecule has 4 aromatic heterocycles. The lowest BCUT2D eigenvalue weighted by Gasteiger charge is -2.18. The first-order chi connectivity index (χ1) is 19.8. The van der Waals surface area contributed by atoms with Crippen molar-refractivity contribution >= 4 is 28.3 Å². The summed E-state index contributed by atoms with van der Waals surface area (Å²) in [5.74, 6) is 5.25. The zero-order chi connectivity index (χ0) is 28.7. The molecule has 6 rings (SSSR count). The Morgan fingerprint density at radius 3 is 2.71 bits per heavy atom. The van der Waals surface area contributed by atoms with Crippen molar-refractivity contribution in [2.75, 3.05) is 5.73 Å². The van der Waals surface area contributed by atoms with Gasteiger partial charge >= 0.3 is 0 Å². The molecule has 0 spiro atoms. The minimum Gasteiger partial charge on any atom is -0.458 e. The second kappa shape index (κ2) is 10.1. The number of nitrogens with two attached hydrogens (primary N) is 1. The Bertz CT molecular complexity index is 2080. The highest BCUT2D eigenvalue weighted by molar-refractivity contribution is 6.04. The second-order valence-corrected chi connectivity index (χ2v) is 9.35. The molecule has 0 aliphatic rings. The third-order valence-electron chi connectivity index (χ3n) is 6.52. The Labute approximate surface area is 232 Å². The summed E-state index contributed by atoms with van der Waals surface area (Å²) in [6.45, 7) is 1.68. The zero-order valence-electron chi connectivity index (χ0n) is 21.9. The number of benzene rings is 2. The van der Waals surface area contributed by atoms with E-state index in [9.17, 15) is 14.0 Å². The molecule has 41 heavy (non-hydrogen) atoms. The van der Waals surface area contributed by atoms with Crippen LogP contribution in [0.5, 0.6) is 0 Å². The van der Waals surface area contributed by atoms with Gasteiger partial charge in [0.25, 0.3) is 5.91 Å². The van der Waals surface area contributed by atoms with Gasteiger partial charge in [0.2, 0.25) is 5.43 Å². The topological polar surface area (TPSA) is 133 Å². The minimum absolute atomic E-state index is 0.00366. The predicted molar refractivity (Wildman–Crippen MR) is 150 cm³/mol. The Hall–Kier alpha value is -5.76. The molecule has 202 valence electrons. The fraction of sp³-hybridized carbons (Fsp3) is 0.100. The number of hydrogen-bond acceptors (Lipinski definition) is 7. The van der Waals surface area contributed by atoms with Gasteiger partial charge in [0.05, 0.1) is 28.8 Å². The van der Waals surface area contributed by atoms with E-state index in [0.29, 0.717) is 16.7 Å². The zero-order valence-corrected chi connectivity index (χ0v) is 21.9. The molecule has 1 atom stereocenters. The third kappa shape index (κ3) is 4.68. The fourth-order valence-electron chi connectivity index (χ4n) is 4.64. The van der Waals surface area contributed by atoms with Crippen molar-refractivity contribution in [3.8, 4) is 23.0 Å². The van der Waals surface area contributed by atoms with Crippen LogP contribution in [-0.2, 0) is 7.05 Å². The number of hydrogen-bond donors (Lipinski definition) is 2. The minimum atomic E-state index is -0.803. The van der Waals surface area contributed by atoms with Crippen molar-refractivity contribution in [3.63, 3.8) is 0 Å². The molecule has 4 heterocycles. The lowest BCUT2D eigenvalue weighted by Crippen LogP contribution is -2.29. The van der Waals surface area contributed by atoms with E-state index in [1.54, 1.807) is 61.5 Å². The standard InChI is InChI=1S/C30H22FN7O3/c1-17(35-30(40)25-28(32)36-38-14-4-13-33-29(25)38)27-24(20-9-11-21(31)12-10-20)26(39)23-19(5-3-6-22(23)41-27)8-7-18-15-34-37(2)16-18/h3-6,9-17H,1-2H3,(H2,32,36)(H,35,40). The maximum absolute atomic E-state index is 14.1. The largest absolute Gasteiger partial charge is 0.458 e. The molecule has 1 amide bonds. The van der Waals surface area contributed by atoms with E-state index in [4.69, 9.17) is 10.2 Å². The Kier molecular flexibility index (Phi) is 6.28. The SMILES string of the molecule is CC(NC(=O)c1c(N)nn2cccnc12)c1oc2cccc(C#Cc3cnn(C)c3)c2c(=O)c1-c1ccc(F)cc1. The highest BCUT2D eigenvalue weighted by atomic mass is 19.1. The molecule has 0 fully saturated rings. The van der Waals surface area contributed by atoms with Crippen LogP contribution in [0.4, 0.5) is 10.2 Å². The Morgan fingerprint density at radius 1 is 1.15 bits per heavy atom. The molecule has 3 N–H and O–H groups in total. The van der Waals surface area contributed by atoms with Crippen molar-refractivity contribution in [2.24, 2.45) is 7.05 Å². The Morgan fingerprint density at radius 2 is 1.95 bits per heavy atom. The van der Waals surface area contributed by atoms with E-state index in [2.05, 4.69) is 32.3 Å². The first-order valence-corrected chi connectivity index (χ1v) is 12.6. The van der Waals surface area contributed by atoms with Gasteiger partial charge in [-0.25, -0.2) is 13.9 Å². The molecular weight excluding hydrogens is 525 g/mol. The highest BCUT2D eigenvalue weighted by Crippen LogP contribution is 2.31. The third-order valence-corrected chi connectivity index (χ3v) is 6.52. The summed E-state index contributed by atoms with van der Waals surface area (Å²) >= 11 is 0. The van der Waals surface area contributed by atoms with E-state index in [-0.39, 0.29) is 44.8 Å². The summed E-state index contributed by atoms with van der Waals surface area (Å²) in [5.41, 5.74) is 8.05. The number of fused-ring (bicyclic) bond motifs is 2.